The van der Waals surface area contributed by atoms with Gasteiger partial charge in [0.1, 0.15) is 12.0 Å². The Morgan fingerprint density at radius 2 is 1.88 bits per heavy atom. The summed E-state index contributed by atoms with van der Waals surface area (Å²) in [5, 5.41) is 0. The molecule has 2 aliphatic rings. The van der Waals surface area contributed by atoms with E-state index in [1.807, 2.05) is 32.1 Å². The summed E-state index contributed by atoms with van der Waals surface area (Å²) in [7, 11) is 0. The molecule has 0 aromatic heterocycles. The number of hydrogen-bond donors (Lipinski definition) is 2. The molecule has 0 bridgehead atoms. The van der Waals surface area contributed by atoms with Gasteiger partial charge in [0.15, 0.2) is 12.5 Å². The Hall–Kier alpha value is -1.47. The highest BCUT2D eigenvalue weighted by molar-refractivity contribution is 5.70. The number of amides is 1. The van der Waals surface area contributed by atoms with E-state index < -0.39 is 5.60 Å². The SMILES string of the molecule is CCOC(=O)C[CH+]C(NN)C1CC2CN(C(=O)OC(C)(C)C)CC2C1. The minimum Gasteiger partial charge on any atom is -0.463 e. The number of fused-ring (bicyclic) bond motifs is 1. The predicted molar refractivity (Wildman–Crippen MR) is 94.2 cm³/mol. The summed E-state index contributed by atoms with van der Waals surface area (Å²) in [5.74, 6) is 6.80. The molecule has 0 radical (unpaired) electrons. The highest BCUT2D eigenvalue weighted by Crippen LogP contribution is 2.43. The normalized spacial score (nSPS) is 26.9. The van der Waals surface area contributed by atoms with Crippen LogP contribution in [0.5, 0.6) is 0 Å². The zero-order valence-corrected chi connectivity index (χ0v) is 15.8. The second kappa shape index (κ2) is 8.27. The van der Waals surface area contributed by atoms with Crippen LogP contribution in [0.3, 0.4) is 0 Å². The fraction of sp³-hybridized carbons (Fsp3) is 0.833. The Morgan fingerprint density at radius 3 is 2.36 bits per heavy atom. The minimum absolute atomic E-state index is 0.00928. The van der Waals surface area contributed by atoms with Gasteiger partial charge in [-0.2, -0.15) is 0 Å². The first-order chi connectivity index (χ1) is 11.7. The zero-order chi connectivity index (χ0) is 18.6. The van der Waals surface area contributed by atoms with Gasteiger partial charge in [-0.15, -0.1) is 0 Å². The van der Waals surface area contributed by atoms with Gasteiger partial charge in [0, 0.05) is 19.0 Å². The number of rotatable bonds is 6. The molecule has 25 heavy (non-hydrogen) atoms. The fourth-order valence-corrected chi connectivity index (χ4v) is 3.96. The molecule has 7 heteroatoms. The fourth-order valence-electron chi connectivity index (χ4n) is 3.96. The van der Waals surface area contributed by atoms with Crippen LogP contribution in [0.25, 0.3) is 0 Å². The topological polar surface area (TPSA) is 93.9 Å². The molecule has 0 aromatic carbocycles. The molecule has 0 spiro atoms. The third-order valence-corrected chi connectivity index (χ3v) is 4.98. The summed E-state index contributed by atoms with van der Waals surface area (Å²) in [6.07, 6.45) is 3.95. The monoisotopic (exact) mass is 354 g/mol. The van der Waals surface area contributed by atoms with Crippen molar-refractivity contribution in [2.24, 2.45) is 23.6 Å². The molecule has 1 saturated carbocycles. The minimum atomic E-state index is -0.464. The van der Waals surface area contributed by atoms with Crippen LogP contribution in [0.4, 0.5) is 4.79 Å². The molecule has 1 aliphatic heterocycles. The molecular weight excluding hydrogens is 322 g/mol. The summed E-state index contributed by atoms with van der Waals surface area (Å²) in [6, 6.07) is -0.00928. The van der Waals surface area contributed by atoms with Crippen LogP contribution in [0.15, 0.2) is 0 Å². The van der Waals surface area contributed by atoms with E-state index in [4.69, 9.17) is 15.3 Å². The van der Waals surface area contributed by atoms with Crippen LogP contribution in [0.2, 0.25) is 0 Å². The third-order valence-electron chi connectivity index (χ3n) is 4.98. The van der Waals surface area contributed by atoms with Crippen molar-refractivity contribution in [2.75, 3.05) is 19.7 Å². The number of ether oxygens (including phenoxy) is 2. The molecule has 3 unspecified atom stereocenters. The number of hydrazine groups is 1. The maximum Gasteiger partial charge on any atom is 0.410 e. The van der Waals surface area contributed by atoms with Gasteiger partial charge < -0.3 is 14.4 Å². The van der Waals surface area contributed by atoms with Crippen molar-refractivity contribution in [3.63, 3.8) is 0 Å². The standard InChI is InChI=1S/C18H32N3O4/c1-5-24-16(22)7-6-15(20-19)12-8-13-10-21(11-14(13)9-12)17(23)25-18(2,3)4/h6,12-15,20H,5,7-11,19H2,1-4H3/q+1. The maximum atomic E-state index is 12.2. The first-order valence-corrected chi connectivity index (χ1v) is 9.16. The summed E-state index contributed by atoms with van der Waals surface area (Å²) in [5.41, 5.74) is 2.36. The lowest BCUT2D eigenvalue weighted by Crippen LogP contribution is -2.42. The van der Waals surface area contributed by atoms with Gasteiger partial charge in [0.05, 0.1) is 6.61 Å². The van der Waals surface area contributed by atoms with E-state index >= 15 is 0 Å². The third kappa shape index (κ3) is 5.51. The van der Waals surface area contributed by atoms with Crippen molar-refractivity contribution < 1.29 is 19.1 Å². The van der Waals surface area contributed by atoms with E-state index in [0.29, 0.717) is 24.4 Å². The van der Waals surface area contributed by atoms with Crippen molar-refractivity contribution in [1.29, 1.82) is 0 Å². The second-order valence-corrected chi connectivity index (χ2v) is 8.07. The maximum absolute atomic E-state index is 12.2. The number of nitrogens with two attached hydrogens (primary N) is 1. The van der Waals surface area contributed by atoms with Crippen molar-refractivity contribution in [3.05, 3.63) is 6.42 Å². The smallest absolute Gasteiger partial charge is 0.410 e. The molecule has 2 rings (SSSR count). The Bertz CT molecular complexity index is 463. The van der Waals surface area contributed by atoms with Crippen LogP contribution in [-0.2, 0) is 14.3 Å². The number of carbonyl (C=O) groups is 2. The van der Waals surface area contributed by atoms with Crippen LogP contribution in [-0.4, -0.2) is 48.3 Å². The van der Waals surface area contributed by atoms with Gasteiger partial charge in [-0.25, -0.2) is 15.0 Å². The summed E-state index contributed by atoms with van der Waals surface area (Å²) in [4.78, 5) is 25.6. The highest BCUT2D eigenvalue weighted by atomic mass is 16.6. The predicted octanol–water partition coefficient (Wildman–Crippen LogP) is 1.87. The largest absolute Gasteiger partial charge is 0.463 e. The Morgan fingerprint density at radius 1 is 1.28 bits per heavy atom. The Labute approximate surface area is 150 Å². The summed E-state index contributed by atoms with van der Waals surface area (Å²) in [6.45, 7) is 9.32. The second-order valence-electron chi connectivity index (χ2n) is 8.07. The van der Waals surface area contributed by atoms with Crippen LogP contribution in [0.1, 0.15) is 47.0 Å². The lowest BCUT2D eigenvalue weighted by atomic mass is 9.93. The molecule has 142 valence electrons. The van der Waals surface area contributed by atoms with Gasteiger partial charge in [0.25, 0.3) is 0 Å². The molecule has 2 fully saturated rings. The van der Waals surface area contributed by atoms with Crippen LogP contribution < -0.4 is 11.3 Å². The van der Waals surface area contributed by atoms with E-state index in [1.165, 1.54) is 0 Å². The number of carbonyl (C=O) groups excluding carboxylic acids is 2. The summed E-state index contributed by atoms with van der Waals surface area (Å²) < 4.78 is 10.4. The molecule has 1 heterocycles. The van der Waals surface area contributed by atoms with Gasteiger partial charge >= 0.3 is 12.1 Å². The van der Waals surface area contributed by atoms with Crippen molar-refractivity contribution in [3.8, 4) is 0 Å². The van der Waals surface area contributed by atoms with Crippen molar-refractivity contribution in [2.45, 2.75) is 58.6 Å². The average Bonchev–Trinajstić information content (AvgIpc) is 3.05. The average molecular weight is 354 g/mol. The Kier molecular flexibility index (Phi) is 6.57. The molecule has 1 aliphatic carbocycles. The number of hydrogen-bond acceptors (Lipinski definition) is 6. The zero-order valence-electron chi connectivity index (χ0n) is 15.8. The highest BCUT2D eigenvalue weighted by Gasteiger charge is 2.47. The van der Waals surface area contributed by atoms with Crippen molar-refractivity contribution >= 4 is 12.1 Å². The van der Waals surface area contributed by atoms with Crippen LogP contribution >= 0.6 is 0 Å². The lowest BCUT2D eigenvalue weighted by molar-refractivity contribution is -0.142. The van der Waals surface area contributed by atoms with Gasteiger partial charge in [0.2, 0.25) is 0 Å². The van der Waals surface area contributed by atoms with E-state index in [9.17, 15) is 9.59 Å². The molecule has 3 N–H and O–H groups in total. The quantitative estimate of drug-likeness (QED) is 0.327. The molecule has 1 saturated heterocycles. The molecular formula is C18H32N3O4+. The number of likely N-dealkylation sites (tertiary alicyclic amines) is 1. The van der Waals surface area contributed by atoms with E-state index in [-0.39, 0.29) is 24.5 Å². The van der Waals surface area contributed by atoms with Gasteiger partial charge in [-0.3, -0.25) is 5.84 Å². The molecule has 3 atom stereocenters. The summed E-state index contributed by atoms with van der Waals surface area (Å²) >= 11 is 0. The van der Waals surface area contributed by atoms with Gasteiger partial charge in [-0.1, -0.05) is 0 Å². The molecule has 7 nitrogen and oxygen atoms in total. The number of nitrogens with one attached hydrogen (secondary N) is 1. The van der Waals surface area contributed by atoms with Crippen molar-refractivity contribution in [1.82, 2.24) is 10.3 Å². The first kappa shape index (κ1) is 19.8. The first-order valence-electron chi connectivity index (χ1n) is 9.16. The Balaban J connectivity index is 1.81. The van der Waals surface area contributed by atoms with Crippen LogP contribution in [0, 0.1) is 24.2 Å². The number of esters is 1. The number of nitrogens with zero attached hydrogens (tertiary/aromatic N) is 1. The molecule has 0 aromatic rings. The van der Waals surface area contributed by atoms with Gasteiger partial charge in [-0.05, 0) is 52.4 Å². The van der Waals surface area contributed by atoms with E-state index in [0.717, 1.165) is 25.9 Å². The lowest BCUT2D eigenvalue weighted by Gasteiger charge is -2.25. The molecule has 1 amide bonds. The van der Waals surface area contributed by atoms with E-state index in [2.05, 4.69) is 5.43 Å². The van der Waals surface area contributed by atoms with E-state index in [1.54, 1.807) is 6.92 Å².